The van der Waals surface area contributed by atoms with Gasteiger partial charge in [-0.25, -0.2) is 4.39 Å². The Hall–Kier alpha value is -1.17. The molecule has 3 atom stereocenters. The lowest BCUT2D eigenvalue weighted by atomic mass is 9.93. The summed E-state index contributed by atoms with van der Waals surface area (Å²) in [6.45, 7) is 1.37. The van der Waals surface area contributed by atoms with E-state index >= 15 is 0 Å². The summed E-state index contributed by atoms with van der Waals surface area (Å²) in [6.07, 6.45) is 2.16. The predicted molar refractivity (Wildman–Crippen MR) is 84.8 cm³/mol. The van der Waals surface area contributed by atoms with E-state index in [1.54, 1.807) is 11.0 Å². The first-order chi connectivity index (χ1) is 11.1. The molecule has 0 unspecified atom stereocenters. The molecule has 3 rings (SSSR count). The van der Waals surface area contributed by atoms with Crippen LogP contribution in [0.5, 0.6) is 0 Å². The fourth-order valence-corrected chi connectivity index (χ4v) is 3.89. The van der Waals surface area contributed by atoms with E-state index < -0.39 is 11.9 Å². The van der Waals surface area contributed by atoms with Gasteiger partial charge in [0, 0.05) is 23.0 Å². The minimum atomic E-state index is -0.462. The Kier molecular flexibility index (Phi) is 5.19. The fraction of sp³-hybridized carbons (Fsp3) is 0.588. The van der Waals surface area contributed by atoms with Gasteiger partial charge in [-0.2, -0.15) is 0 Å². The maximum Gasteiger partial charge on any atom is 0.227 e. The van der Waals surface area contributed by atoms with Crippen molar-refractivity contribution in [2.24, 2.45) is 5.92 Å². The van der Waals surface area contributed by atoms with E-state index in [9.17, 15) is 14.3 Å². The van der Waals surface area contributed by atoms with E-state index in [4.69, 9.17) is 16.3 Å². The van der Waals surface area contributed by atoms with E-state index in [-0.39, 0.29) is 34.9 Å². The van der Waals surface area contributed by atoms with Gasteiger partial charge >= 0.3 is 0 Å². The standard InChI is InChI=1S/C17H21ClFNO3/c18-13-4-2-5-14(19)12(13)9-17(22)20-7-8-23-10-15(20)11-3-1-6-16(11)21/h2,4-5,11,15-16,21H,1,3,6-10H2/t11-,15+,16+/m0/s1. The van der Waals surface area contributed by atoms with Gasteiger partial charge in [0.15, 0.2) is 0 Å². The van der Waals surface area contributed by atoms with Crippen molar-refractivity contribution in [3.63, 3.8) is 0 Å². The Morgan fingerprint density at radius 2 is 2.26 bits per heavy atom. The summed E-state index contributed by atoms with van der Waals surface area (Å²) in [5, 5.41) is 10.4. The number of amides is 1. The van der Waals surface area contributed by atoms with E-state index in [1.807, 2.05) is 0 Å². The van der Waals surface area contributed by atoms with Crippen LogP contribution in [0.3, 0.4) is 0 Å². The van der Waals surface area contributed by atoms with Crippen molar-refractivity contribution >= 4 is 17.5 Å². The molecule has 1 saturated heterocycles. The molecule has 1 N–H and O–H groups in total. The molecule has 1 heterocycles. The summed E-state index contributed by atoms with van der Waals surface area (Å²) in [5.74, 6) is -0.587. The van der Waals surface area contributed by atoms with Crippen LogP contribution in [0.15, 0.2) is 18.2 Å². The number of hydrogen-bond acceptors (Lipinski definition) is 3. The molecule has 4 nitrogen and oxygen atoms in total. The Bertz CT molecular complexity index is 563. The normalized spacial score (nSPS) is 28.1. The van der Waals surface area contributed by atoms with Crippen molar-refractivity contribution in [1.82, 2.24) is 4.90 Å². The first-order valence-electron chi connectivity index (χ1n) is 8.06. The molecule has 1 aromatic carbocycles. The van der Waals surface area contributed by atoms with E-state index in [0.717, 1.165) is 19.3 Å². The smallest absolute Gasteiger partial charge is 0.227 e. The third kappa shape index (κ3) is 3.52. The van der Waals surface area contributed by atoms with E-state index in [1.165, 1.54) is 12.1 Å². The summed E-state index contributed by atoms with van der Waals surface area (Å²) in [7, 11) is 0. The molecule has 126 valence electrons. The number of ether oxygens (including phenoxy) is 1. The molecule has 23 heavy (non-hydrogen) atoms. The van der Waals surface area contributed by atoms with E-state index in [0.29, 0.717) is 19.8 Å². The van der Waals surface area contributed by atoms with Crippen LogP contribution >= 0.6 is 11.6 Å². The molecule has 1 saturated carbocycles. The van der Waals surface area contributed by atoms with Crippen LogP contribution in [0.2, 0.25) is 5.02 Å². The second-order valence-electron chi connectivity index (χ2n) is 6.27. The third-order valence-electron chi connectivity index (χ3n) is 4.90. The zero-order chi connectivity index (χ0) is 16.4. The summed E-state index contributed by atoms with van der Waals surface area (Å²) >= 11 is 6.02. The van der Waals surface area contributed by atoms with Gasteiger partial charge in [0.25, 0.3) is 0 Å². The second-order valence-corrected chi connectivity index (χ2v) is 6.68. The highest BCUT2D eigenvalue weighted by Crippen LogP contribution is 2.32. The minimum absolute atomic E-state index is 0.0374. The number of aliphatic hydroxyl groups excluding tert-OH is 1. The van der Waals surface area contributed by atoms with Crippen LogP contribution in [-0.4, -0.2) is 47.8 Å². The molecule has 0 bridgehead atoms. The molecule has 0 radical (unpaired) electrons. The molecule has 0 aromatic heterocycles. The number of morpholine rings is 1. The molecule has 2 fully saturated rings. The number of halogens is 2. The third-order valence-corrected chi connectivity index (χ3v) is 5.26. The highest BCUT2D eigenvalue weighted by molar-refractivity contribution is 6.31. The number of carbonyl (C=O) groups is 1. The van der Waals surface area contributed by atoms with Crippen LogP contribution in [0.1, 0.15) is 24.8 Å². The average molecular weight is 342 g/mol. The van der Waals surface area contributed by atoms with Gasteiger partial charge in [0.2, 0.25) is 5.91 Å². The molecular weight excluding hydrogens is 321 g/mol. The number of aliphatic hydroxyl groups is 1. The van der Waals surface area contributed by atoms with Crippen molar-refractivity contribution in [2.45, 2.75) is 37.8 Å². The largest absolute Gasteiger partial charge is 0.393 e. The molecule has 1 amide bonds. The first-order valence-corrected chi connectivity index (χ1v) is 8.44. The first kappa shape index (κ1) is 16.7. The monoisotopic (exact) mass is 341 g/mol. The van der Waals surface area contributed by atoms with Crippen LogP contribution in [0.4, 0.5) is 4.39 Å². The fourth-order valence-electron chi connectivity index (χ4n) is 3.66. The van der Waals surface area contributed by atoms with Crippen molar-refractivity contribution in [2.75, 3.05) is 19.8 Å². The molecule has 2 aliphatic rings. The number of hydrogen-bond donors (Lipinski definition) is 1. The number of carbonyl (C=O) groups excluding carboxylic acids is 1. The maximum absolute atomic E-state index is 13.9. The van der Waals surface area contributed by atoms with Crippen LogP contribution < -0.4 is 0 Å². The Balaban J connectivity index is 1.76. The average Bonchev–Trinajstić information content (AvgIpc) is 2.97. The van der Waals surface area contributed by atoms with Crippen LogP contribution in [-0.2, 0) is 16.0 Å². The van der Waals surface area contributed by atoms with Gasteiger partial charge in [-0.1, -0.05) is 24.1 Å². The summed E-state index contributed by atoms with van der Waals surface area (Å²) in [5.41, 5.74) is 0.233. The summed E-state index contributed by atoms with van der Waals surface area (Å²) < 4.78 is 19.4. The Morgan fingerprint density at radius 3 is 2.96 bits per heavy atom. The molecule has 1 aliphatic carbocycles. The minimum Gasteiger partial charge on any atom is -0.393 e. The predicted octanol–water partition coefficient (Wildman–Crippen LogP) is 2.41. The maximum atomic E-state index is 13.9. The lowest BCUT2D eigenvalue weighted by molar-refractivity contribution is -0.143. The highest BCUT2D eigenvalue weighted by atomic mass is 35.5. The lowest BCUT2D eigenvalue weighted by Gasteiger charge is -2.40. The van der Waals surface area contributed by atoms with Gasteiger partial charge in [0.05, 0.1) is 31.8 Å². The zero-order valence-electron chi connectivity index (χ0n) is 12.9. The number of nitrogens with zero attached hydrogens (tertiary/aromatic N) is 1. The molecule has 0 spiro atoms. The van der Waals surface area contributed by atoms with E-state index in [2.05, 4.69) is 0 Å². The topological polar surface area (TPSA) is 49.8 Å². The van der Waals surface area contributed by atoms with Gasteiger partial charge in [-0.15, -0.1) is 0 Å². The highest BCUT2D eigenvalue weighted by Gasteiger charge is 2.39. The van der Waals surface area contributed by atoms with Crippen molar-refractivity contribution in [3.8, 4) is 0 Å². The Morgan fingerprint density at radius 1 is 1.43 bits per heavy atom. The van der Waals surface area contributed by atoms with Crippen molar-refractivity contribution in [3.05, 3.63) is 34.6 Å². The van der Waals surface area contributed by atoms with Crippen molar-refractivity contribution < 1.29 is 19.0 Å². The van der Waals surface area contributed by atoms with Crippen LogP contribution in [0.25, 0.3) is 0 Å². The summed E-state index contributed by atoms with van der Waals surface area (Å²) in [4.78, 5) is 14.5. The molecule has 1 aliphatic heterocycles. The second kappa shape index (κ2) is 7.16. The molecule has 6 heteroatoms. The van der Waals surface area contributed by atoms with Gasteiger partial charge in [0.1, 0.15) is 5.82 Å². The van der Waals surface area contributed by atoms with Gasteiger partial charge in [-0.3, -0.25) is 4.79 Å². The zero-order valence-corrected chi connectivity index (χ0v) is 13.6. The van der Waals surface area contributed by atoms with Gasteiger partial charge in [-0.05, 0) is 25.0 Å². The summed E-state index contributed by atoms with van der Waals surface area (Å²) in [6, 6.07) is 4.29. The Labute approximate surface area is 140 Å². The number of benzene rings is 1. The molecular formula is C17H21ClFNO3. The van der Waals surface area contributed by atoms with Crippen LogP contribution in [0, 0.1) is 11.7 Å². The van der Waals surface area contributed by atoms with Crippen molar-refractivity contribution in [1.29, 1.82) is 0 Å². The van der Waals surface area contributed by atoms with Gasteiger partial charge < -0.3 is 14.7 Å². The quantitative estimate of drug-likeness (QED) is 0.918. The lowest BCUT2D eigenvalue weighted by Crippen LogP contribution is -2.54. The SMILES string of the molecule is O=C(Cc1c(F)cccc1Cl)N1CCOC[C@@H]1[C@@H]1CCC[C@H]1O. The number of rotatable bonds is 3. The molecule has 1 aromatic rings.